The Balaban J connectivity index is 2.27. The van der Waals surface area contributed by atoms with Crippen LogP contribution >= 0.6 is 23.2 Å². The maximum absolute atomic E-state index is 11.8. The molecule has 2 N–H and O–H groups in total. The Bertz CT molecular complexity index is 890. The van der Waals surface area contributed by atoms with E-state index in [9.17, 15) is 4.79 Å². The molecule has 0 bridgehead atoms. The minimum atomic E-state index is -2.09. The Hall–Kier alpha value is -1.37. The van der Waals surface area contributed by atoms with Crippen LogP contribution < -0.4 is 5.73 Å². The molecule has 0 fully saturated rings. The molecule has 2 rings (SSSR count). The Morgan fingerprint density at radius 3 is 1.97 bits per heavy atom. The number of hydrogen-bond donors (Lipinski definition) is 1. The predicted octanol–water partition coefficient (Wildman–Crippen LogP) is 6.73. The maximum Gasteiger partial charge on any atom is 0.323 e. The average molecular weight is 497 g/mol. The van der Waals surface area contributed by atoms with E-state index in [1.807, 2.05) is 42.5 Å². The molecule has 0 amide bonds. The summed E-state index contributed by atoms with van der Waals surface area (Å²) in [5.74, 6) is -0.382. The van der Waals surface area contributed by atoms with Crippen molar-refractivity contribution in [3.05, 3.63) is 69.2 Å². The van der Waals surface area contributed by atoms with Crippen molar-refractivity contribution in [2.45, 2.75) is 70.8 Å². The van der Waals surface area contributed by atoms with Crippen molar-refractivity contribution in [1.29, 1.82) is 0 Å². The van der Waals surface area contributed by atoms with E-state index in [4.69, 9.17) is 38.1 Å². The molecule has 0 saturated heterocycles. The van der Waals surface area contributed by atoms with Crippen LogP contribution in [0.25, 0.3) is 0 Å². The molecular weight excluding hydrogens is 461 g/mol. The van der Waals surface area contributed by atoms with E-state index in [1.165, 1.54) is 0 Å². The highest BCUT2D eigenvalue weighted by Gasteiger charge is 2.40. The summed E-state index contributed by atoms with van der Waals surface area (Å²) in [5, 5.41) is 1.27. The third-order valence-electron chi connectivity index (χ3n) is 6.05. The van der Waals surface area contributed by atoms with Crippen LogP contribution in [0.3, 0.4) is 0 Å². The molecule has 0 saturated carbocycles. The maximum atomic E-state index is 11.8. The second-order valence-corrected chi connectivity index (χ2v) is 15.2. The van der Waals surface area contributed by atoms with Crippen LogP contribution in [0.1, 0.15) is 50.5 Å². The van der Waals surface area contributed by atoms with Crippen molar-refractivity contribution >= 4 is 37.5 Å². The van der Waals surface area contributed by atoms with Crippen molar-refractivity contribution in [1.82, 2.24) is 0 Å². The highest BCUT2D eigenvalue weighted by molar-refractivity contribution is 6.74. The monoisotopic (exact) mass is 495 g/mol. The molecule has 0 heterocycles. The number of rotatable bonds is 9. The van der Waals surface area contributed by atoms with E-state index < -0.39 is 14.4 Å². The molecule has 176 valence electrons. The Morgan fingerprint density at radius 2 is 1.50 bits per heavy atom. The van der Waals surface area contributed by atoms with Gasteiger partial charge in [0.05, 0.1) is 12.7 Å². The van der Waals surface area contributed by atoms with E-state index in [-0.39, 0.29) is 17.1 Å². The van der Waals surface area contributed by atoms with Crippen LogP contribution in [0.2, 0.25) is 28.2 Å². The summed E-state index contributed by atoms with van der Waals surface area (Å²) in [6.45, 7) is 13.2. The van der Waals surface area contributed by atoms with Gasteiger partial charge in [0, 0.05) is 22.0 Å². The summed E-state index contributed by atoms with van der Waals surface area (Å²) in [4.78, 5) is 11.8. The first-order chi connectivity index (χ1) is 14.9. The molecule has 0 aromatic heterocycles. The van der Waals surface area contributed by atoms with Gasteiger partial charge in [0.2, 0.25) is 0 Å². The fourth-order valence-electron chi connectivity index (χ4n) is 3.17. The van der Waals surface area contributed by atoms with Crippen LogP contribution in [0, 0.1) is 0 Å². The summed E-state index contributed by atoms with van der Waals surface area (Å²) in [5.41, 5.74) is 8.86. The lowest BCUT2D eigenvalue weighted by Gasteiger charge is -2.40. The van der Waals surface area contributed by atoms with Crippen molar-refractivity contribution in [2.75, 3.05) is 6.61 Å². The van der Waals surface area contributed by atoms with Gasteiger partial charge in [-0.1, -0.05) is 74.3 Å². The van der Waals surface area contributed by atoms with Gasteiger partial charge in [0.25, 0.3) is 0 Å². The Kier molecular flexibility index (Phi) is 9.38. The van der Waals surface area contributed by atoms with Crippen LogP contribution in [0.5, 0.6) is 0 Å². The van der Waals surface area contributed by atoms with E-state index in [1.54, 1.807) is 6.92 Å². The minimum Gasteiger partial charge on any atom is -0.465 e. The van der Waals surface area contributed by atoms with Gasteiger partial charge in [-0.3, -0.25) is 4.79 Å². The second kappa shape index (κ2) is 11.2. The molecular formula is C25H35Cl2NO3Si. The molecule has 2 aromatic rings. The molecule has 0 spiro atoms. The number of halogens is 2. The smallest absolute Gasteiger partial charge is 0.323 e. The third-order valence-corrected chi connectivity index (χ3v) is 11.2. The summed E-state index contributed by atoms with van der Waals surface area (Å²) >= 11 is 13.1. The van der Waals surface area contributed by atoms with Gasteiger partial charge in [-0.25, -0.2) is 0 Å². The molecule has 0 aliphatic rings. The minimum absolute atomic E-state index is 0.0477. The zero-order valence-corrected chi connectivity index (χ0v) is 22.4. The number of carbonyl (C=O) groups excluding carboxylic acids is 1. The van der Waals surface area contributed by atoms with Crippen LogP contribution in [-0.2, 0) is 26.8 Å². The van der Waals surface area contributed by atoms with Gasteiger partial charge >= 0.3 is 5.97 Å². The number of ether oxygens (including phenoxy) is 1. The van der Waals surface area contributed by atoms with Gasteiger partial charge in [-0.05, 0) is 54.7 Å². The summed E-state index contributed by atoms with van der Waals surface area (Å²) in [6, 6.07) is 12.9. The fourth-order valence-corrected chi connectivity index (χ4v) is 5.07. The lowest BCUT2D eigenvalue weighted by Crippen LogP contribution is -2.42. The first kappa shape index (κ1) is 26.9. The molecule has 0 radical (unpaired) electrons. The van der Waals surface area contributed by atoms with Crippen LogP contribution in [-0.4, -0.2) is 26.9 Å². The van der Waals surface area contributed by atoms with Gasteiger partial charge in [0.15, 0.2) is 8.32 Å². The number of benzene rings is 2. The molecule has 0 aliphatic heterocycles. The number of esters is 1. The van der Waals surface area contributed by atoms with Crippen LogP contribution in [0.4, 0.5) is 0 Å². The number of nitrogens with two attached hydrogens (primary N) is 1. The zero-order chi connectivity index (χ0) is 24.1. The Morgan fingerprint density at radius 1 is 1.00 bits per heavy atom. The normalized spacial score (nSPS) is 14.2. The van der Waals surface area contributed by atoms with Crippen molar-refractivity contribution in [3.63, 3.8) is 0 Å². The summed E-state index contributed by atoms with van der Waals surface area (Å²) in [6.07, 6.45) is 0.809. The average Bonchev–Trinajstić information content (AvgIpc) is 2.68. The van der Waals surface area contributed by atoms with Crippen molar-refractivity contribution in [2.24, 2.45) is 5.73 Å². The largest absolute Gasteiger partial charge is 0.465 e. The lowest BCUT2D eigenvalue weighted by atomic mass is 9.99. The topological polar surface area (TPSA) is 61.5 Å². The van der Waals surface area contributed by atoms with Crippen LogP contribution in [0.15, 0.2) is 42.5 Å². The molecule has 2 atom stereocenters. The number of hydrogen-bond acceptors (Lipinski definition) is 4. The SMILES string of the molecule is CCOC(=O)C(N)Cc1ccc(CC(O[Si](C)(C)C(C)(C)C)c2c(Cl)cccc2Cl)cc1. The van der Waals surface area contributed by atoms with Gasteiger partial charge in [0.1, 0.15) is 6.04 Å². The standard InChI is InChI=1S/C25H35Cl2NO3Si/c1-7-30-24(29)21(28)15-17-11-13-18(14-12-17)16-22(31-32(5,6)25(2,3)4)23-19(26)9-8-10-20(23)27/h8-14,21-22H,7,15-16,28H2,1-6H3. The van der Waals surface area contributed by atoms with Gasteiger partial charge in [-0.15, -0.1) is 0 Å². The van der Waals surface area contributed by atoms with Gasteiger partial charge < -0.3 is 14.9 Å². The highest BCUT2D eigenvalue weighted by atomic mass is 35.5. The van der Waals surface area contributed by atoms with E-state index in [0.29, 0.717) is 29.5 Å². The molecule has 2 aromatic carbocycles. The summed E-state index contributed by atoms with van der Waals surface area (Å²) < 4.78 is 11.8. The first-order valence-electron chi connectivity index (χ1n) is 11.0. The quantitative estimate of drug-likeness (QED) is 0.309. The molecule has 0 aliphatic carbocycles. The van der Waals surface area contributed by atoms with E-state index in [2.05, 4.69) is 33.9 Å². The highest BCUT2D eigenvalue weighted by Crippen LogP contribution is 2.43. The second-order valence-electron chi connectivity index (χ2n) is 9.59. The molecule has 7 heteroatoms. The molecule has 2 unspecified atom stereocenters. The third kappa shape index (κ3) is 7.06. The van der Waals surface area contributed by atoms with Crippen molar-refractivity contribution in [3.8, 4) is 0 Å². The van der Waals surface area contributed by atoms with Gasteiger partial charge in [-0.2, -0.15) is 0 Å². The molecule has 4 nitrogen and oxygen atoms in total. The number of carbonyl (C=O) groups is 1. The van der Waals surface area contributed by atoms with E-state index in [0.717, 1.165) is 16.7 Å². The lowest BCUT2D eigenvalue weighted by molar-refractivity contribution is -0.144. The zero-order valence-electron chi connectivity index (χ0n) is 19.9. The fraction of sp³-hybridized carbons (Fsp3) is 0.480. The summed E-state index contributed by atoms with van der Waals surface area (Å²) in [7, 11) is -2.09. The van der Waals surface area contributed by atoms with E-state index >= 15 is 0 Å². The predicted molar refractivity (Wildman–Crippen MR) is 136 cm³/mol. The Labute approximate surface area is 203 Å². The van der Waals surface area contributed by atoms with Crippen molar-refractivity contribution < 1.29 is 14.0 Å². The first-order valence-corrected chi connectivity index (χ1v) is 14.6. The molecule has 32 heavy (non-hydrogen) atoms.